The summed E-state index contributed by atoms with van der Waals surface area (Å²) < 4.78 is 1.88. The molecule has 0 saturated carbocycles. The van der Waals surface area contributed by atoms with Crippen LogP contribution in [0.5, 0.6) is 0 Å². The molecule has 0 radical (unpaired) electrons. The zero-order chi connectivity index (χ0) is 11.7. The average molecular weight is 218 g/mol. The summed E-state index contributed by atoms with van der Waals surface area (Å²) in [5.41, 5.74) is 2.06. The summed E-state index contributed by atoms with van der Waals surface area (Å²) >= 11 is 0. The third-order valence-corrected chi connectivity index (χ3v) is 2.62. The van der Waals surface area contributed by atoms with Crippen LogP contribution in [0.25, 0.3) is 11.2 Å². The summed E-state index contributed by atoms with van der Waals surface area (Å²) in [5.74, 6) is 0.889. The Kier molecular flexibility index (Phi) is 2.70. The van der Waals surface area contributed by atoms with Gasteiger partial charge in [0.25, 0.3) is 0 Å². The highest BCUT2D eigenvalue weighted by Crippen LogP contribution is 2.16. The maximum atomic E-state index is 11.8. The number of hydrogen-bond acceptors (Lipinski definition) is 4. The molecule has 0 unspecified atom stereocenters. The maximum absolute atomic E-state index is 11.8. The molecule has 16 heavy (non-hydrogen) atoms. The van der Waals surface area contributed by atoms with Gasteiger partial charge in [0, 0.05) is 18.8 Å². The van der Waals surface area contributed by atoms with E-state index in [-0.39, 0.29) is 5.78 Å². The number of pyridine rings is 1. The molecule has 5 nitrogen and oxygen atoms in total. The van der Waals surface area contributed by atoms with Crippen LogP contribution in [-0.4, -0.2) is 33.9 Å². The maximum Gasteiger partial charge on any atom is 0.178 e. The molecule has 84 valence electrons. The van der Waals surface area contributed by atoms with Gasteiger partial charge in [-0.15, -0.1) is 0 Å². The smallest absolute Gasteiger partial charge is 0.178 e. The first kappa shape index (κ1) is 10.8. The fraction of sp³-hybridized carbons (Fsp3) is 0.364. The molecule has 0 aliphatic rings. The Balaban J connectivity index is 2.62. The SMILES string of the molecule is CNCC(=O)c1ccnc2c1nc(C)n2C. The molecule has 5 heteroatoms. The standard InChI is InChI=1S/C11H14N4O/c1-7-14-10-8(9(16)6-12-2)4-5-13-11(10)15(7)3/h4-5,12H,6H2,1-3H3. The summed E-state index contributed by atoms with van der Waals surface area (Å²) in [4.78, 5) is 20.4. The molecule has 0 aromatic carbocycles. The molecule has 0 atom stereocenters. The van der Waals surface area contributed by atoms with E-state index in [1.165, 1.54) is 0 Å². The Bertz CT molecular complexity index is 544. The Labute approximate surface area is 93.5 Å². The van der Waals surface area contributed by atoms with Gasteiger partial charge in [-0.25, -0.2) is 9.97 Å². The van der Waals surface area contributed by atoms with Gasteiger partial charge in [0.15, 0.2) is 11.4 Å². The van der Waals surface area contributed by atoms with Crippen molar-refractivity contribution >= 4 is 16.9 Å². The quantitative estimate of drug-likeness (QED) is 0.770. The molecule has 0 bridgehead atoms. The third kappa shape index (κ3) is 1.59. The van der Waals surface area contributed by atoms with Gasteiger partial charge >= 0.3 is 0 Å². The number of aryl methyl sites for hydroxylation is 2. The van der Waals surface area contributed by atoms with Crippen LogP contribution >= 0.6 is 0 Å². The van der Waals surface area contributed by atoms with Crippen LogP contribution in [0.2, 0.25) is 0 Å². The minimum absolute atomic E-state index is 0.0352. The third-order valence-electron chi connectivity index (χ3n) is 2.62. The minimum atomic E-state index is 0.0352. The zero-order valence-electron chi connectivity index (χ0n) is 9.61. The van der Waals surface area contributed by atoms with Gasteiger partial charge in [-0.2, -0.15) is 0 Å². The molecule has 1 N–H and O–H groups in total. The van der Waals surface area contributed by atoms with Gasteiger partial charge in [0.1, 0.15) is 11.3 Å². The number of rotatable bonds is 3. The monoisotopic (exact) mass is 218 g/mol. The lowest BCUT2D eigenvalue weighted by Crippen LogP contribution is -2.18. The molecule has 0 saturated heterocycles. The highest BCUT2D eigenvalue weighted by Gasteiger charge is 2.14. The number of hydrogen-bond donors (Lipinski definition) is 1. The summed E-state index contributed by atoms with van der Waals surface area (Å²) in [7, 11) is 3.64. The molecule has 0 amide bonds. The topological polar surface area (TPSA) is 59.8 Å². The van der Waals surface area contributed by atoms with Crippen molar-refractivity contribution in [1.82, 2.24) is 19.9 Å². The zero-order valence-corrected chi connectivity index (χ0v) is 9.61. The number of carbonyl (C=O) groups is 1. The fourth-order valence-corrected chi connectivity index (χ4v) is 1.67. The fourth-order valence-electron chi connectivity index (χ4n) is 1.67. The summed E-state index contributed by atoms with van der Waals surface area (Å²) in [6.45, 7) is 2.21. The molecule has 2 aromatic heterocycles. The molecule has 0 aliphatic carbocycles. The average Bonchev–Trinajstić information content (AvgIpc) is 2.55. The lowest BCUT2D eigenvalue weighted by atomic mass is 10.1. The van der Waals surface area contributed by atoms with E-state index in [2.05, 4.69) is 15.3 Å². The normalized spacial score (nSPS) is 10.9. The van der Waals surface area contributed by atoms with Gasteiger partial charge in [-0.1, -0.05) is 0 Å². The van der Waals surface area contributed by atoms with Gasteiger partial charge < -0.3 is 9.88 Å². The number of nitrogens with zero attached hydrogens (tertiary/aromatic N) is 3. The molecule has 2 aromatic rings. The van der Waals surface area contributed by atoms with Crippen molar-refractivity contribution < 1.29 is 4.79 Å². The van der Waals surface area contributed by atoms with Crippen LogP contribution in [-0.2, 0) is 7.05 Å². The molecule has 2 rings (SSSR count). The van der Waals surface area contributed by atoms with Crippen LogP contribution in [0.4, 0.5) is 0 Å². The van der Waals surface area contributed by atoms with Crippen LogP contribution in [0.15, 0.2) is 12.3 Å². The lowest BCUT2D eigenvalue weighted by Gasteiger charge is -2.00. The number of Topliss-reactive ketones (excluding diaryl/α,β-unsaturated/α-hetero) is 1. The Morgan fingerprint density at radius 3 is 3.00 bits per heavy atom. The number of likely N-dealkylation sites (N-methyl/N-ethyl adjacent to an activating group) is 1. The van der Waals surface area contributed by atoms with Crippen molar-refractivity contribution in [2.45, 2.75) is 6.92 Å². The highest BCUT2D eigenvalue weighted by atomic mass is 16.1. The number of ketones is 1. The Hall–Kier alpha value is -1.75. The summed E-state index contributed by atoms with van der Waals surface area (Å²) in [6, 6.07) is 1.72. The second kappa shape index (κ2) is 4.02. The number of imidazole rings is 1. The molecular weight excluding hydrogens is 204 g/mol. The van der Waals surface area contributed by atoms with Gasteiger partial charge in [-0.05, 0) is 20.0 Å². The first-order valence-electron chi connectivity index (χ1n) is 5.11. The van der Waals surface area contributed by atoms with E-state index >= 15 is 0 Å². The number of nitrogens with one attached hydrogen (secondary N) is 1. The van der Waals surface area contributed by atoms with Gasteiger partial charge in [0.05, 0.1) is 6.54 Å². The second-order valence-electron chi connectivity index (χ2n) is 3.70. The van der Waals surface area contributed by atoms with E-state index in [1.54, 1.807) is 19.3 Å². The van der Waals surface area contributed by atoms with Crippen LogP contribution in [0, 0.1) is 6.92 Å². The van der Waals surface area contributed by atoms with Crippen molar-refractivity contribution in [3.63, 3.8) is 0 Å². The van der Waals surface area contributed by atoms with Gasteiger partial charge in [-0.3, -0.25) is 4.79 Å². The van der Waals surface area contributed by atoms with E-state index in [1.807, 2.05) is 18.5 Å². The number of carbonyl (C=O) groups excluding carboxylic acids is 1. The Morgan fingerprint density at radius 2 is 2.31 bits per heavy atom. The summed E-state index contributed by atoms with van der Waals surface area (Å²) in [5, 5.41) is 2.85. The molecule has 0 aliphatic heterocycles. The van der Waals surface area contributed by atoms with Crippen molar-refractivity contribution in [3.8, 4) is 0 Å². The first-order chi connectivity index (χ1) is 7.65. The minimum Gasteiger partial charge on any atom is -0.316 e. The van der Waals surface area contributed by atoms with Crippen molar-refractivity contribution in [3.05, 3.63) is 23.7 Å². The van der Waals surface area contributed by atoms with Crippen LogP contribution in [0.1, 0.15) is 16.2 Å². The number of fused-ring (bicyclic) bond motifs is 1. The van der Waals surface area contributed by atoms with E-state index in [0.29, 0.717) is 17.6 Å². The molecular formula is C11H14N4O. The predicted molar refractivity (Wildman–Crippen MR) is 61.5 cm³/mol. The van der Waals surface area contributed by atoms with Crippen molar-refractivity contribution in [2.75, 3.05) is 13.6 Å². The second-order valence-corrected chi connectivity index (χ2v) is 3.70. The van der Waals surface area contributed by atoms with Crippen LogP contribution in [0.3, 0.4) is 0 Å². The van der Waals surface area contributed by atoms with Crippen LogP contribution < -0.4 is 5.32 Å². The van der Waals surface area contributed by atoms with E-state index in [4.69, 9.17) is 0 Å². The first-order valence-corrected chi connectivity index (χ1v) is 5.11. The van der Waals surface area contributed by atoms with Gasteiger partial charge in [0.2, 0.25) is 0 Å². The van der Waals surface area contributed by atoms with E-state index < -0.39 is 0 Å². The highest BCUT2D eigenvalue weighted by molar-refractivity contribution is 6.06. The van der Waals surface area contributed by atoms with Crippen molar-refractivity contribution in [1.29, 1.82) is 0 Å². The summed E-state index contributed by atoms with van der Waals surface area (Å²) in [6.07, 6.45) is 1.65. The van der Waals surface area contributed by atoms with E-state index in [9.17, 15) is 4.79 Å². The molecule has 0 spiro atoms. The Morgan fingerprint density at radius 1 is 1.56 bits per heavy atom. The largest absolute Gasteiger partial charge is 0.316 e. The number of aromatic nitrogens is 3. The van der Waals surface area contributed by atoms with Crippen molar-refractivity contribution in [2.24, 2.45) is 7.05 Å². The predicted octanol–water partition coefficient (Wildman–Crippen LogP) is 0.679. The molecule has 2 heterocycles. The van der Waals surface area contributed by atoms with E-state index in [0.717, 1.165) is 11.5 Å². The molecule has 0 fully saturated rings. The lowest BCUT2D eigenvalue weighted by molar-refractivity contribution is 0.0995.